The first kappa shape index (κ1) is 18.1. The Kier molecular flexibility index (Phi) is 5.69. The molecule has 0 fully saturated rings. The molecule has 0 amide bonds. The van der Waals surface area contributed by atoms with Crippen LogP contribution in [0.4, 0.5) is 5.69 Å². The van der Waals surface area contributed by atoms with Crippen molar-refractivity contribution >= 4 is 15.7 Å². The highest BCUT2D eigenvalue weighted by Crippen LogP contribution is 2.32. The third-order valence-corrected chi connectivity index (χ3v) is 4.27. The molecule has 0 unspecified atom stereocenters. The summed E-state index contributed by atoms with van der Waals surface area (Å²) in [4.78, 5) is 0. The minimum atomic E-state index is -3.32. The highest BCUT2D eigenvalue weighted by atomic mass is 32.2. The summed E-state index contributed by atoms with van der Waals surface area (Å²) in [5.74, 6) is -0.273. The number of rotatable bonds is 7. The maximum atomic E-state index is 11.3. The van der Waals surface area contributed by atoms with Gasteiger partial charge in [0.05, 0.1) is 6.26 Å². The summed E-state index contributed by atoms with van der Waals surface area (Å²) in [5.41, 5.74) is 8.58. The molecule has 2 aromatic rings. The number of aryl methyl sites for hydroxylation is 1. The van der Waals surface area contributed by atoms with Gasteiger partial charge in [0.2, 0.25) is 10.0 Å². The Morgan fingerprint density at radius 1 is 1.08 bits per heavy atom. The van der Waals surface area contributed by atoms with Gasteiger partial charge in [0.25, 0.3) is 0 Å². The van der Waals surface area contributed by atoms with E-state index in [4.69, 9.17) is 5.73 Å². The van der Waals surface area contributed by atoms with Crippen LogP contribution in [0.1, 0.15) is 16.7 Å². The molecule has 2 aromatic carbocycles. The number of phenolic OH excluding ortho intramolecular Hbond substituents is 2. The lowest BCUT2D eigenvalue weighted by atomic mass is 9.96. The molecule has 0 spiro atoms. The van der Waals surface area contributed by atoms with E-state index in [-0.39, 0.29) is 11.5 Å². The second-order valence-corrected chi connectivity index (χ2v) is 7.43. The molecule has 2 rings (SSSR count). The minimum absolute atomic E-state index is 0.119. The summed E-state index contributed by atoms with van der Waals surface area (Å²) < 4.78 is 25.1. The number of aromatic hydroxyl groups is 2. The lowest BCUT2D eigenvalue weighted by Crippen LogP contribution is -2.09. The summed E-state index contributed by atoms with van der Waals surface area (Å²) in [7, 11) is -3.32. The van der Waals surface area contributed by atoms with E-state index < -0.39 is 10.0 Å². The minimum Gasteiger partial charge on any atom is -0.504 e. The number of sulfonamides is 1. The molecule has 0 saturated heterocycles. The second-order valence-electron chi connectivity index (χ2n) is 5.68. The van der Waals surface area contributed by atoms with E-state index in [0.29, 0.717) is 37.1 Å². The van der Waals surface area contributed by atoms with Crippen molar-refractivity contribution in [3.63, 3.8) is 0 Å². The van der Waals surface area contributed by atoms with Gasteiger partial charge < -0.3 is 15.9 Å². The molecule has 0 atom stereocenters. The van der Waals surface area contributed by atoms with Crippen molar-refractivity contribution < 1.29 is 18.6 Å². The Bertz CT molecular complexity index is 819. The highest BCUT2D eigenvalue weighted by molar-refractivity contribution is 7.92. The van der Waals surface area contributed by atoms with Gasteiger partial charge in [-0.15, -0.1) is 0 Å². The zero-order valence-electron chi connectivity index (χ0n) is 13.5. The summed E-state index contributed by atoms with van der Waals surface area (Å²) in [5, 5.41) is 19.8. The average molecular weight is 350 g/mol. The van der Waals surface area contributed by atoms with Crippen molar-refractivity contribution in [3.05, 3.63) is 53.1 Å². The first-order valence-electron chi connectivity index (χ1n) is 7.59. The van der Waals surface area contributed by atoms with Crippen molar-refractivity contribution in [3.8, 4) is 11.5 Å². The van der Waals surface area contributed by atoms with Gasteiger partial charge in [0, 0.05) is 11.3 Å². The molecule has 0 heterocycles. The Morgan fingerprint density at radius 2 is 1.83 bits per heavy atom. The Morgan fingerprint density at radius 3 is 2.50 bits per heavy atom. The first-order chi connectivity index (χ1) is 11.3. The Hall–Kier alpha value is -2.25. The fourth-order valence-electron chi connectivity index (χ4n) is 2.61. The number of nitrogens with one attached hydrogen (secondary N) is 1. The van der Waals surface area contributed by atoms with Crippen LogP contribution in [-0.4, -0.2) is 31.4 Å². The molecule has 130 valence electrons. The van der Waals surface area contributed by atoms with Gasteiger partial charge in [-0.2, -0.15) is 0 Å². The van der Waals surface area contributed by atoms with Gasteiger partial charge in [-0.3, -0.25) is 4.72 Å². The second kappa shape index (κ2) is 7.55. The van der Waals surface area contributed by atoms with Crippen LogP contribution < -0.4 is 10.5 Å². The third kappa shape index (κ3) is 4.87. The van der Waals surface area contributed by atoms with Crippen LogP contribution in [0.5, 0.6) is 11.5 Å². The topological polar surface area (TPSA) is 113 Å². The van der Waals surface area contributed by atoms with Gasteiger partial charge in [-0.05, 0) is 55.1 Å². The van der Waals surface area contributed by atoms with Crippen molar-refractivity contribution in [1.29, 1.82) is 0 Å². The molecule has 0 aliphatic carbocycles. The molecule has 6 nitrogen and oxygen atoms in total. The number of hydrogen-bond donors (Lipinski definition) is 4. The van der Waals surface area contributed by atoms with Crippen LogP contribution in [0.2, 0.25) is 0 Å². The predicted molar refractivity (Wildman–Crippen MR) is 94.8 cm³/mol. The molecule has 0 aliphatic heterocycles. The SMILES string of the molecule is CS(=O)(=O)Nc1cccc(CCc2c(CCN)ccc(O)c2O)c1. The standard InChI is InChI=1S/C17H22N2O4S/c1-24(22,23)19-14-4-2-3-12(11-14)5-7-15-13(9-10-18)6-8-16(20)17(15)21/h2-4,6,8,11,19-21H,5,7,9-10,18H2,1H3. The van der Waals surface area contributed by atoms with Crippen LogP contribution in [-0.2, 0) is 29.3 Å². The van der Waals surface area contributed by atoms with Gasteiger partial charge >= 0.3 is 0 Å². The van der Waals surface area contributed by atoms with Crippen molar-refractivity contribution in [1.82, 2.24) is 0 Å². The van der Waals surface area contributed by atoms with Crippen molar-refractivity contribution in [2.45, 2.75) is 19.3 Å². The van der Waals surface area contributed by atoms with E-state index >= 15 is 0 Å². The van der Waals surface area contributed by atoms with E-state index in [1.807, 2.05) is 6.07 Å². The molecule has 0 radical (unpaired) electrons. The van der Waals surface area contributed by atoms with Gasteiger partial charge in [-0.25, -0.2) is 8.42 Å². The summed E-state index contributed by atoms with van der Waals surface area (Å²) >= 11 is 0. The van der Waals surface area contributed by atoms with Crippen LogP contribution in [0.15, 0.2) is 36.4 Å². The number of nitrogens with two attached hydrogens (primary N) is 1. The molecule has 0 bridgehead atoms. The van der Waals surface area contributed by atoms with Crippen molar-refractivity contribution in [2.24, 2.45) is 5.73 Å². The predicted octanol–water partition coefficient (Wildman–Crippen LogP) is 1.76. The number of anilines is 1. The van der Waals surface area contributed by atoms with Gasteiger partial charge in [-0.1, -0.05) is 18.2 Å². The highest BCUT2D eigenvalue weighted by Gasteiger charge is 2.12. The number of hydrogen-bond acceptors (Lipinski definition) is 5. The van der Waals surface area contributed by atoms with E-state index in [1.165, 1.54) is 6.07 Å². The number of phenols is 2. The molecule has 7 heteroatoms. The summed E-state index contributed by atoms with van der Waals surface area (Å²) in [6, 6.07) is 10.3. The van der Waals surface area contributed by atoms with E-state index in [9.17, 15) is 18.6 Å². The van der Waals surface area contributed by atoms with E-state index in [2.05, 4.69) is 4.72 Å². The van der Waals surface area contributed by atoms with Crippen LogP contribution in [0.3, 0.4) is 0 Å². The number of benzene rings is 2. The zero-order chi connectivity index (χ0) is 17.7. The molecule has 0 aliphatic rings. The maximum Gasteiger partial charge on any atom is 0.229 e. The first-order valence-corrected chi connectivity index (χ1v) is 9.49. The molecule has 0 aromatic heterocycles. The quantitative estimate of drug-likeness (QED) is 0.568. The zero-order valence-corrected chi connectivity index (χ0v) is 14.3. The van der Waals surface area contributed by atoms with Crippen LogP contribution in [0.25, 0.3) is 0 Å². The molecule has 24 heavy (non-hydrogen) atoms. The largest absolute Gasteiger partial charge is 0.504 e. The lowest BCUT2D eigenvalue weighted by Gasteiger charge is -2.13. The van der Waals surface area contributed by atoms with E-state index in [0.717, 1.165) is 17.4 Å². The molecular weight excluding hydrogens is 328 g/mol. The maximum absolute atomic E-state index is 11.3. The van der Waals surface area contributed by atoms with Gasteiger partial charge in [0.15, 0.2) is 11.5 Å². The monoisotopic (exact) mass is 350 g/mol. The average Bonchev–Trinajstić information content (AvgIpc) is 2.49. The Balaban J connectivity index is 2.19. The fraction of sp³-hybridized carbons (Fsp3) is 0.294. The van der Waals surface area contributed by atoms with E-state index in [1.54, 1.807) is 24.3 Å². The smallest absolute Gasteiger partial charge is 0.229 e. The molecular formula is C17H22N2O4S. The molecule has 0 saturated carbocycles. The Labute approximate surface area is 142 Å². The van der Waals surface area contributed by atoms with Gasteiger partial charge in [0.1, 0.15) is 0 Å². The van der Waals surface area contributed by atoms with Crippen molar-refractivity contribution in [2.75, 3.05) is 17.5 Å². The third-order valence-electron chi connectivity index (χ3n) is 3.67. The summed E-state index contributed by atoms with van der Waals surface area (Å²) in [6.45, 7) is 0.449. The van der Waals surface area contributed by atoms with Crippen LogP contribution in [0, 0.1) is 0 Å². The normalized spacial score (nSPS) is 11.4. The van der Waals surface area contributed by atoms with Crippen LogP contribution >= 0.6 is 0 Å². The fourth-order valence-corrected chi connectivity index (χ4v) is 3.16. The molecule has 5 N–H and O–H groups in total. The lowest BCUT2D eigenvalue weighted by molar-refractivity contribution is 0.398. The summed E-state index contributed by atoms with van der Waals surface area (Å²) in [6.07, 6.45) is 2.81.